The molecule has 0 spiro atoms. The first kappa shape index (κ1) is 17.7. The van der Waals surface area contributed by atoms with Gasteiger partial charge in [0.25, 0.3) is 0 Å². The van der Waals surface area contributed by atoms with Crippen LogP contribution in [0.25, 0.3) is 11.3 Å². The molecule has 2 aromatic rings. The molecule has 1 aliphatic rings. The van der Waals surface area contributed by atoms with E-state index in [1.807, 2.05) is 36.4 Å². The maximum absolute atomic E-state index is 12.5. The van der Waals surface area contributed by atoms with Crippen LogP contribution < -0.4 is 5.32 Å². The SMILES string of the molecule is O=C(Nc1cccc(-c2ccco2)c1)C1CCN(C[C@@H](O)CO)CC1. The Labute approximate surface area is 147 Å². The molecule has 0 bridgehead atoms. The van der Waals surface area contributed by atoms with Crippen molar-refractivity contribution in [1.82, 2.24) is 4.90 Å². The Morgan fingerprint density at radius 1 is 1.28 bits per heavy atom. The van der Waals surface area contributed by atoms with E-state index in [0.717, 1.165) is 42.9 Å². The molecule has 2 heterocycles. The second kappa shape index (κ2) is 8.29. The highest BCUT2D eigenvalue weighted by molar-refractivity contribution is 5.93. The van der Waals surface area contributed by atoms with Gasteiger partial charge < -0.3 is 24.8 Å². The number of nitrogens with zero attached hydrogens (tertiary/aromatic N) is 1. The molecule has 134 valence electrons. The molecule has 0 saturated carbocycles. The van der Waals surface area contributed by atoms with Crippen molar-refractivity contribution in [2.45, 2.75) is 18.9 Å². The Balaban J connectivity index is 1.54. The van der Waals surface area contributed by atoms with Gasteiger partial charge >= 0.3 is 0 Å². The zero-order chi connectivity index (χ0) is 17.6. The number of β-amino-alcohol motifs (C(OH)–C–C–N with tert-alkyl or cyclic N) is 1. The lowest BCUT2D eigenvalue weighted by Gasteiger charge is -2.32. The molecule has 1 fully saturated rings. The highest BCUT2D eigenvalue weighted by Gasteiger charge is 2.25. The smallest absolute Gasteiger partial charge is 0.227 e. The van der Waals surface area contributed by atoms with Crippen LogP contribution in [-0.2, 0) is 4.79 Å². The largest absolute Gasteiger partial charge is 0.464 e. The molecule has 0 aliphatic carbocycles. The molecule has 0 unspecified atom stereocenters. The van der Waals surface area contributed by atoms with Gasteiger partial charge in [-0.25, -0.2) is 0 Å². The van der Waals surface area contributed by atoms with Gasteiger partial charge in [0.15, 0.2) is 0 Å². The van der Waals surface area contributed by atoms with E-state index >= 15 is 0 Å². The zero-order valence-electron chi connectivity index (χ0n) is 14.1. The van der Waals surface area contributed by atoms with Crippen LogP contribution in [0.2, 0.25) is 0 Å². The highest BCUT2D eigenvalue weighted by Crippen LogP contribution is 2.24. The van der Waals surface area contributed by atoms with E-state index in [1.165, 1.54) is 0 Å². The minimum Gasteiger partial charge on any atom is -0.464 e. The number of furan rings is 1. The molecule has 25 heavy (non-hydrogen) atoms. The Hall–Kier alpha value is -2.15. The summed E-state index contributed by atoms with van der Waals surface area (Å²) < 4.78 is 5.39. The number of aliphatic hydroxyl groups is 2. The topological polar surface area (TPSA) is 85.9 Å². The maximum atomic E-state index is 12.5. The van der Waals surface area contributed by atoms with Crippen molar-refractivity contribution in [2.75, 3.05) is 31.6 Å². The summed E-state index contributed by atoms with van der Waals surface area (Å²) in [5.74, 6) is 0.764. The quantitative estimate of drug-likeness (QED) is 0.746. The van der Waals surface area contributed by atoms with Crippen LogP contribution in [0.4, 0.5) is 5.69 Å². The predicted octanol–water partition coefficient (Wildman–Crippen LogP) is 1.95. The van der Waals surface area contributed by atoms with Gasteiger partial charge in [-0.1, -0.05) is 12.1 Å². The van der Waals surface area contributed by atoms with E-state index in [-0.39, 0.29) is 18.4 Å². The first-order chi connectivity index (χ1) is 12.2. The molecule has 3 N–H and O–H groups in total. The molecule has 1 aliphatic heterocycles. The summed E-state index contributed by atoms with van der Waals surface area (Å²) >= 11 is 0. The van der Waals surface area contributed by atoms with Gasteiger partial charge in [0.05, 0.1) is 19.0 Å². The number of carbonyl (C=O) groups excluding carboxylic acids is 1. The molecule has 1 atom stereocenters. The molecule has 1 aromatic carbocycles. The fourth-order valence-corrected chi connectivity index (χ4v) is 3.17. The van der Waals surface area contributed by atoms with E-state index in [4.69, 9.17) is 9.52 Å². The van der Waals surface area contributed by atoms with Crippen LogP contribution in [0.15, 0.2) is 47.1 Å². The lowest BCUT2D eigenvalue weighted by molar-refractivity contribution is -0.121. The Kier molecular flexibility index (Phi) is 5.86. The number of benzene rings is 1. The maximum Gasteiger partial charge on any atom is 0.227 e. The zero-order valence-corrected chi connectivity index (χ0v) is 14.1. The van der Waals surface area contributed by atoms with Crippen LogP contribution in [-0.4, -0.2) is 53.4 Å². The average molecular weight is 344 g/mol. The van der Waals surface area contributed by atoms with Gasteiger partial charge in [0, 0.05) is 23.7 Å². The molecule has 1 aromatic heterocycles. The van der Waals surface area contributed by atoms with Crippen LogP contribution in [0, 0.1) is 5.92 Å². The van der Waals surface area contributed by atoms with Crippen LogP contribution in [0.3, 0.4) is 0 Å². The van der Waals surface area contributed by atoms with Crippen molar-refractivity contribution in [3.63, 3.8) is 0 Å². The number of rotatable bonds is 6. The first-order valence-electron chi connectivity index (χ1n) is 8.62. The number of aliphatic hydroxyl groups excluding tert-OH is 2. The molecule has 0 radical (unpaired) electrons. The first-order valence-corrected chi connectivity index (χ1v) is 8.62. The number of hydrogen-bond acceptors (Lipinski definition) is 5. The normalized spacial score (nSPS) is 17.4. The summed E-state index contributed by atoms with van der Waals surface area (Å²) in [6.07, 6.45) is 2.42. The fourth-order valence-electron chi connectivity index (χ4n) is 3.17. The van der Waals surface area contributed by atoms with Crippen molar-refractivity contribution < 1.29 is 19.4 Å². The van der Waals surface area contributed by atoms with Crippen LogP contribution in [0.5, 0.6) is 0 Å². The van der Waals surface area contributed by atoms with E-state index in [0.29, 0.717) is 6.54 Å². The van der Waals surface area contributed by atoms with E-state index in [9.17, 15) is 9.90 Å². The van der Waals surface area contributed by atoms with Crippen molar-refractivity contribution in [1.29, 1.82) is 0 Å². The predicted molar refractivity (Wildman–Crippen MR) is 95.0 cm³/mol. The fraction of sp³-hybridized carbons (Fsp3) is 0.421. The lowest BCUT2D eigenvalue weighted by Crippen LogP contribution is -2.42. The number of piperidine rings is 1. The van der Waals surface area contributed by atoms with Crippen LogP contribution in [0.1, 0.15) is 12.8 Å². The Bertz CT molecular complexity index is 678. The molecule has 6 heteroatoms. The Morgan fingerprint density at radius 3 is 2.76 bits per heavy atom. The van der Waals surface area contributed by atoms with Gasteiger partial charge in [0.1, 0.15) is 5.76 Å². The minimum absolute atomic E-state index is 0.0268. The third-order valence-electron chi connectivity index (χ3n) is 4.57. The average Bonchev–Trinajstić information content (AvgIpc) is 3.17. The summed E-state index contributed by atoms with van der Waals surface area (Å²) in [5, 5.41) is 21.4. The van der Waals surface area contributed by atoms with E-state index in [2.05, 4.69) is 10.2 Å². The number of likely N-dealkylation sites (tertiary alicyclic amines) is 1. The summed E-state index contributed by atoms with van der Waals surface area (Å²) in [5.41, 5.74) is 1.69. The van der Waals surface area contributed by atoms with Gasteiger partial charge in [-0.05, 0) is 50.2 Å². The van der Waals surface area contributed by atoms with Crippen molar-refractivity contribution in [2.24, 2.45) is 5.92 Å². The molecular formula is C19H24N2O4. The van der Waals surface area contributed by atoms with E-state index in [1.54, 1.807) is 6.26 Å². The van der Waals surface area contributed by atoms with Crippen molar-refractivity contribution >= 4 is 11.6 Å². The van der Waals surface area contributed by atoms with Gasteiger partial charge in [-0.2, -0.15) is 0 Å². The number of hydrogen-bond donors (Lipinski definition) is 3. The van der Waals surface area contributed by atoms with Gasteiger partial charge in [0.2, 0.25) is 5.91 Å². The Morgan fingerprint density at radius 2 is 2.08 bits per heavy atom. The number of nitrogens with one attached hydrogen (secondary N) is 1. The number of amides is 1. The van der Waals surface area contributed by atoms with Crippen molar-refractivity contribution in [3.8, 4) is 11.3 Å². The molecule has 1 amide bonds. The van der Waals surface area contributed by atoms with Gasteiger partial charge in [-0.15, -0.1) is 0 Å². The molecule has 3 rings (SSSR count). The third-order valence-corrected chi connectivity index (χ3v) is 4.57. The number of carbonyl (C=O) groups is 1. The molecular weight excluding hydrogens is 320 g/mol. The van der Waals surface area contributed by atoms with E-state index < -0.39 is 6.10 Å². The minimum atomic E-state index is -0.713. The summed E-state index contributed by atoms with van der Waals surface area (Å²) in [6.45, 7) is 1.73. The van der Waals surface area contributed by atoms with Gasteiger partial charge in [-0.3, -0.25) is 4.79 Å². The number of anilines is 1. The van der Waals surface area contributed by atoms with Crippen LogP contribution >= 0.6 is 0 Å². The third kappa shape index (κ3) is 4.69. The standard InChI is InChI=1S/C19H24N2O4/c22-13-17(23)12-21-8-6-14(7-9-21)19(24)20-16-4-1-3-15(11-16)18-5-2-10-25-18/h1-5,10-11,14,17,22-23H,6-9,12-13H2,(H,20,24)/t17-/m1/s1. The monoisotopic (exact) mass is 344 g/mol. The summed E-state index contributed by atoms with van der Waals surface area (Å²) in [4.78, 5) is 14.6. The van der Waals surface area contributed by atoms with Crippen molar-refractivity contribution in [3.05, 3.63) is 42.7 Å². The second-order valence-corrected chi connectivity index (χ2v) is 6.46. The highest BCUT2D eigenvalue weighted by atomic mass is 16.3. The molecule has 6 nitrogen and oxygen atoms in total. The second-order valence-electron chi connectivity index (χ2n) is 6.46. The molecule has 1 saturated heterocycles. The lowest BCUT2D eigenvalue weighted by atomic mass is 9.95. The summed E-state index contributed by atoms with van der Waals surface area (Å²) in [6, 6.07) is 11.3. The summed E-state index contributed by atoms with van der Waals surface area (Å²) in [7, 11) is 0.